The van der Waals surface area contributed by atoms with Gasteiger partial charge in [0.05, 0.1) is 56.7 Å². The van der Waals surface area contributed by atoms with Crippen LogP contribution in [0.3, 0.4) is 0 Å². The zero-order valence-corrected chi connectivity index (χ0v) is 65.4. The van der Waals surface area contributed by atoms with Crippen LogP contribution in [0.1, 0.15) is 89.5 Å². The molecular weight excluding hydrogens is 1410 g/mol. The summed E-state index contributed by atoms with van der Waals surface area (Å²) in [5.41, 5.74) is 43.4. The first kappa shape index (κ1) is 70.4. The van der Waals surface area contributed by atoms with E-state index in [4.69, 9.17) is 20.0 Å². The minimum Gasteiger partial charge on any atom is -0.354 e. The Bertz CT molecular complexity index is 6730. The Balaban J connectivity index is 0.582. The number of aromatic nitrogens is 4. The summed E-state index contributed by atoms with van der Waals surface area (Å²) in [6.45, 7) is 14.2. The predicted octanol–water partition coefficient (Wildman–Crippen LogP) is 21.0. The molecule has 16 bridgehead atoms. The van der Waals surface area contributed by atoms with E-state index in [1.807, 2.05) is 0 Å². The van der Waals surface area contributed by atoms with E-state index < -0.39 is 0 Å². The first-order valence-corrected chi connectivity index (χ1v) is 39.8. The summed E-state index contributed by atoms with van der Waals surface area (Å²) in [5, 5.41) is 0. The molecule has 554 valence electrons. The van der Waals surface area contributed by atoms with Gasteiger partial charge in [0.25, 0.3) is 0 Å². The number of aromatic amines is 2. The number of benzene rings is 8. The predicted molar refractivity (Wildman–Crippen MR) is 481 cm³/mol. The molecule has 0 atom stereocenters. The summed E-state index contributed by atoms with van der Waals surface area (Å²) in [4.78, 5) is 42.5. The molecule has 0 saturated heterocycles. The standard InChI is InChI=1S/C106H80N10/c1-65-7-23-75(24-8-65)99-83-39-43-87(107-83)101(77-27-11-67(3)12-28-77)91-47-51-95(111-91)105(96-52-48-92(112-96)102(88-44-40-84(99)108-88)78-29-13-68(4)14-30-78)81-35-19-71(20-36-81)63-115-59-55-73(56-60-115)74-57-61-116(62-58-74)64-72-21-37-82(38-22-72)106-97-53-49-93(113-97)103(79-31-15-69(5)16-32-79)89-45-41-85(109-89)100(76-25-9-66(2)10-26-76)86-42-46-90(110-86)104(94-50-54-98(106)114-94)80-33-17-70(6)18-34-80/h7-62,107,111H,63-64H2,1-6H3/p+2. The second kappa shape index (κ2) is 29.4. The van der Waals surface area contributed by atoms with Crippen LogP contribution in [0.15, 0.2) is 360 Å². The van der Waals surface area contributed by atoms with E-state index >= 15 is 0 Å². The number of hydrogen-bond donors (Lipinski definition) is 4. The van der Waals surface area contributed by atoms with Crippen molar-refractivity contribution in [2.45, 2.75) is 54.6 Å². The fourth-order valence-electron chi connectivity index (χ4n) is 16.6. The summed E-state index contributed by atoms with van der Waals surface area (Å²) in [6.07, 6.45) is 43.6. The average molecular weight is 1500 g/mol. The monoisotopic (exact) mass is 1490 g/mol. The minimum absolute atomic E-state index is 0.693. The largest absolute Gasteiger partial charge is 0.354 e. The lowest BCUT2D eigenvalue weighted by Crippen LogP contribution is -2.71. The van der Waals surface area contributed by atoms with Gasteiger partial charge in [-0.1, -0.05) is 228 Å². The highest BCUT2D eigenvalue weighted by molar-refractivity contribution is 6.38. The fraction of sp³-hybridized carbons (Fsp3) is 0.0755. The molecule has 20 rings (SSSR count). The van der Waals surface area contributed by atoms with Gasteiger partial charge in [-0.05, 0) is 206 Å². The molecule has 0 amide bonds. The van der Waals surface area contributed by atoms with Crippen molar-refractivity contribution < 1.29 is 9.98 Å². The van der Waals surface area contributed by atoms with E-state index in [0.717, 1.165) is 191 Å². The van der Waals surface area contributed by atoms with E-state index in [2.05, 4.69) is 412 Å². The number of aliphatic imine (C=N–C) groups is 2. The summed E-state index contributed by atoms with van der Waals surface area (Å²) in [5.74, 6) is 0. The van der Waals surface area contributed by atoms with Gasteiger partial charge in [-0.2, -0.15) is 0 Å². The topological polar surface area (TPSA) is 116 Å². The first-order valence-electron chi connectivity index (χ1n) is 39.8. The molecular formula is C106H82N10+2. The van der Waals surface area contributed by atoms with Gasteiger partial charge in [-0.3, -0.25) is 0 Å². The van der Waals surface area contributed by atoms with Gasteiger partial charge in [0, 0.05) is 112 Å². The molecule has 11 aromatic rings. The Morgan fingerprint density at radius 3 is 0.983 bits per heavy atom. The van der Waals surface area contributed by atoms with E-state index in [1.54, 1.807) is 0 Å². The molecule has 9 aliphatic heterocycles. The highest BCUT2D eigenvalue weighted by atomic mass is 15.1. The second-order valence-corrected chi connectivity index (χ2v) is 31.1. The molecule has 4 N–H and O–H groups in total. The Hall–Kier alpha value is -14.7. The summed E-state index contributed by atoms with van der Waals surface area (Å²) in [7, 11) is 0. The number of aryl methyl sites for hydroxylation is 6. The van der Waals surface area contributed by atoms with Crippen LogP contribution in [0.5, 0.6) is 0 Å². The molecule has 0 radical (unpaired) electrons. The molecule has 0 fully saturated rings. The molecule has 0 aliphatic carbocycles. The van der Waals surface area contributed by atoms with Gasteiger partial charge < -0.3 is 19.8 Å². The quantitative estimate of drug-likeness (QED) is 0.0975. The van der Waals surface area contributed by atoms with Crippen LogP contribution in [-0.2, 0) is 13.1 Å². The minimum atomic E-state index is 0.693. The van der Waals surface area contributed by atoms with Crippen LogP contribution >= 0.6 is 0 Å². The van der Waals surface area contributed by atoms with E-state index in [-0.39, 0.29) is 0 Å². The van der Waals surface area contributed by atoms with Gasteiger partial charge in [-0.25, -0.2) is 29.9 Å². The lowest BCUT2D eigenvalue weighted by Gasteiger charge is -2.22. The van der Waals surface area contributed by atoms with Crippen LogP contribution in [0.4, 0.5) is 0 Å². The SMILES string of the molecule is Cc1ccc(C2=C3C=CC(=N3)C(c3ccc(CN4C=CC(=C5C=CN(Cc6ccc(-c7c8nc(c(-c9ccc(C)cc9)c9nc(c(-c%10ccc(C)cc%10)c%10ccc([nH]%10)c(-c%10ccc(C)cc%10)c%10ccc7[nH]%10)C=C9)C=C8)cc6)C=C5)C=C4)cc3)=C3C=CC(=N3)C(c3ccc(C)cc3)=C3C=CC(=[NH+]3)C(c3ccc(C)cc3)=C3C=CC2=[NH+]3)cc1. The second-order valence-electron chi connectivity index (χ2n) is 31.1. The molecule has 0 unspecified atom stereocenters. The van der Waals surface area contributed by atoms with Gasteiger partial charge in [0.15, 0.2) is 0 Å². The van der Waals surface area contributed by atoms with E-state index in [0.29, 0.717) is 13.1 Å². The molecule has 0 spiro atoms. The average Bonchev–Trinajstić information content (AvgIpc) is 1.61. The Morgan fingerprint density at radius 1 is 0.259 bits per heavy atom. The summed E-state index contributed by atoms with van der Waals surface area (Å²) < 4.78 is 0. The van der Waals surface area contributed by atoms with Crippen molar-refractivity contribution in [1.82, 2.24) is 29.7 Å². The first-order chi connectivity index (χ1) is 56.8. The Kier molecular flexibility index (Phi) is 17.8. The zero-order chi connectivity index (χ0) is 78.1. The van der Waals surface area contributed by atoms with Crippen LogP contribution in [0.25, 0.3) is 113 Å². The number of H-pyrrole nitrogens is 2. The molecule has 8 aromatic carbocycles. The van der Waals surface area contributed by atoms with Crippen molar-refractivity contribution in [3.8, 4) is 44.5 Å². The third kappa shape index (κ3) is 13.6. The van der Waals surface area contributed by atoms with Crippen LogP contribution in [0, 0.1) is 41.5 Å². The lowest BCUT2D eigenvalue weighted by atomic mass is 9.97. The number of hydrogen-bond acceptors (Lipinski definition) is 6. The fourth-order valence-corrected chi connectivity index (χ4v) is 16.6. The Morgan fingerprint density at radius 2 is 0.560 bits per heavy atom. The zero-order valence-electron chi connectivity index (χ0n) is 65.4. The number of nitrogens with one attached hydrogen (secondary N) is 4. The molecule has 12 heterocycles. The number of allylic oxidation sites excluding steroid dienone is 18. The molecule has 10 nitrogen and oxygen atoms in total. The maximum absolute atomic E-state index is 5.58. The van der Waals surface area contributed by atoms with E-state index in [1.165, 1.54) is 44.5 Å². The van der Waals surface area contributed by atoms with Gasteiger partial charge in [0.1, 0.15) is 5.57 Å². The summed E-state index contributed by atoms with van der Waals surface area (Å²) in [6, 6.07) is 79.3. The number of rotatable bonds is 12. The van der Waals surface area contributed by atoms with Crippen molar-refractivity contribution in [2.24, 2.45) is 9.98 Å². The van der Waals surface area contributed by atoms with Crippen molar-refractivity contribution in [3.05, 3.63) is 440 Å². The maximum Gasteiger partial charge on any atom is 0.218 e. The maximum atomic E-state index is 5.58. The molecule has 0 saturated carbocycles. The Labute approximate surface area is 675 Å². The molecule has 3 aromatic heterocycles. The number of nitrogens with zero attached hydrogens (tertiary/aromatic N) is 6. The van der Waals surface area contributed by atoms with Crippen LogP contribution in [-0.4, -0.2) is 52.6 Å². The molecule has 10 heteroatoms. The van der Waals surface area contributed by atoms with Crippen LogP contribution in [0.2, 0.25) is 0 Å². The lowest BCUT2D eigenvalue weighted by molar-refractivity contribution is -0.388. The van der Waals surface area contributed by atoms with Crippen molar-refractivity contribution in [3.63, 3.8) is 0 Å². The molecule has 116 heavy (non-hydrogen) atoms. The third-order valence-electron chi connectivity index (χ3n) is 22.9. The highest BCUT2D eigenvalue weighted by Crippen LogP contribution is 2.42. The van der Waals surface area contributed by atoms with Gasteiger partial charge in [-0.15, -0.1) is 0 Å². The van der Waals surface area contributed by atoms with Crippen molar-refractivity contribution in [2.75, 3.05) is 0 Å². The number of fused-ring (bicyclic) bond motifs is 12. The highest BCUT2D eigenvalue weighted by Gasteiger charge is 2.34. The van der Waals surface area contributed by atoms with Crippen molar-refractivity contribution in [1.29, 1.82) is 0 Å². The normalized spacial score (nSPS) is 15.7. The summed E-state index contributed by atoms with van der Waals surface area (Å²) >= 11 is 0. The third-order valence-corrected chi connectivity index (χ3v) is 22.9. The van der Waals surface area contributed by atoms with Crippen molar-refractivity contribution >= 4 is 91.5 Å². The van der Waals surface area contributed by atoms with Gasteiger partial charge in [0.2, 0.25) is 22.8 Å². The molecule has 9 aliphatic rings. The van der Waals surface area contributed by atoms with E-state index in [9.17, 15) is 0 Å². The smallest absolute Gasteiger partial charge is 0.218 e. The van der Waals surface area contributed by atoms with Gasteiger partial charge >= 0.3 is 0 Å². The van der Waals surface area contributed by atoms with Crippen LogP contribution < -0.4 is 9.98 Å².